The van der Waals surface area contributed by atoms with E-state index in [1.165, 1.54) is 0 Å². The Labute approximate surface area is 114 Å². The Bertz CT molecular complexity index is 384. The monoisotopic (exact) mass is 271 g/mol. The topological polar surface area (TPSA) is 21.3 Å². The quantitative estimate of drug-likeness (QED) is 0.795. The van der Waals surface area contributed by atoms with E-state index in [0.717, 1.165) is 12.0 Å². The lowest BCUT2D eigenvalue weighted by Crippen LogP contribution is -2.34. The Morgan fingerprint density at radius 1 is 1.16 bits per heavy atom. The second-order valence-corrected chi connectivity index (χ2v) is 4.98. The maximum atomic E-state index is 12.4. The van der Waals surface area contributed by atoms with Crippen molar-refractivity contribution < 1.29 is 13.5 Å². The van der Waals surface area contributed by atoms with Crippen LogP contribution in [-0.2, 0) is 0 Å². The molecular formula is C15H23F2NO. The number of benzene rings is 1. The van der Waals surface area contributed by atoms with Gasteiger partial charge < -0.3 is 10.1 Å². The third-order valence-electron chi connectivity index (χ3n) is 3.61. The number of alkyl halides is 2. The van der Waals surface area contributed by atoms with Crippen LogP contribution in [0.1, 0.15) is 45.7 Å². The zero-order chi connectivity index (χ0) is 14.4. The van der Waals surface area contributed by atoms with Gasteiger partial charge in [0, 0.05) is 17.6 Å². The molecule has 3 atom stereocenters. The van der Waals surface area contributed by atoms with Gasteiger partial charge in [0.1, 0.15) is 5.75 Å². The number of para-hydroxylation sites is 1. The Morgan fingerprint density at radius 3 is 2.37 bits per heavy atom. The number of ether oxygens (including phenoxy) is 1. The van der Waals surface area contributed by atoms with E-state index in [-0.39, 0.29) is 11.8 Å². The summed E-state index contributed by atoms with van der Waals surface area (Å²) in [7, 11) is 0. The minimum Gasteiger partial charge on any atom is -0.434 e. The lowest BCUT2D eigenvalue weighted by molar-refractivity contribution is -0.0507. The highest BCUT2D eigenvalue weighted by molar-refractivity contribution is 5.35. The molecule has 0 aliphatic heterocycles. The van der Waals surface area contributed by atoms with Crippen molar-refractivity contribution in [2.45, 2.75) is 52.8 Å². The molecule has 0 saturated carbocycles. The van der Waals surface area contributed by atoms with Gasteiger partial charge in [-0.15, -0.1) is 0 Å². The molecule has 0 aliphatic carbocycles. The molecule has 1 rings (SSSR count). The molecule has 1 aromatic rings. The van der Waals surface area contributed by atoms with E-state index in [1.807, 2.05) is 19.1 Å². The minimum absolute atomic E-state index is 0.0287. The smallest absolute Gasteiger partial charge is 0.387 e. The maximum Gasteiger partial charge on any atom is 0.387 e. The van der Waals surface area contributed by atoms with Crippen LogP contribution in [0, 0.1) is 5.92 Å². The lowest BCUT2D eigenvalue weighted by atomic mass is 9.98. The molecule has 0 fully saturated rings. The maximum absolute atomic E-state index is 12.4. The molecule has 0 bridgehead atoms. The van der Waals surface area contributed by atoms with Crippen LogP contribution in [0.2, 0.25) is 0 Å². The molecule has 0 aromatic heterocycles. The number of nitrogens with one attached hydrogen (secondary N) is 1. The second kappa shape index (κ2) is 7.43. The molecule has 0 radical (unpaired) electrons. The molecule has 0 amide bonds. The molecule has 1 N–H and O–H groups in total. The van der Waals surface area contributed by atoms with Crippen molar-refractivity contribution in [3.8, 4) is 5.75 Å². The number of hydrogen-bond donors (Lipinski definition) is 1. The summed E-state index contributed by atoms with van der Waals surface area (Å²) < 4.78 is 29.3. The van der Waals surface area contributed by atoms with Gasteiger partial charge in [0.25, 0.3) is 0 Å². The van der Waals surface area contributed by atoms with Crippen molar-refractivity contribution >= 4 is 0 Å². The molecule has 0 saturated heterocycles. The fourth-order valence-electron chi connectivity index (χ4n) is 2.04. The Kier molecular flexibility index (Phi) is 6.22. The van der Waals surface area contributed by atoms with E-state index in [2.05, 4.69) is 30.8 Å². The van der Waals surface area contributed by atoms with Gasteiger partial charge in [-0.2, -0.15) is 8.78 Å². The van der Waals surface area contributed by atoms with Gasteiger partial charge in [0.05, 0.1) is 0 Å². The standard InChI is InChI=1S/C15H23F2NO/c1-5-10(2)11(3)18-12(4)13-8-6-7-9-14(13)19-15(16)17/h6-12,15,18H,5H2,1-4H3. The van der Waals surface area contributed by atoms with Crippen molar-refractivity contribution in [2.75, 3.05) is 0 Å². The van der Waals surface area contributed by atoms with E-state index in [9.17, 15) is 8.78 Å². The molecule has 0 spiro atoms. The summed E-state index contributed by atoms with van der Waals surface area (Å²) >= 11 is 0. The third kappa shape index (κ3) is 4.78. The molecule has 4 heteroatoms. The third-order valence-corrected chi connectivity index (χ3v) is 3.61. The molecule has 1 aromatic carbocycles. The van der Waals surface area contributed by atoms with Crippen molar-refractivity contribution in [1.82, 2.24) is 5.32 Å². The normalized spacial score (nSPS) is 16.2. The SMILES string of the molecule is CCC(C)C(C)NC(C)c1ccccc1OC(F)F. The first-order valence-electron chi connectivity index (χ1n) is 6.75. The average molecular weight is 271 g/mol. The largest absolute Gasteiger partial charge is 0.434 e. The van der Waals surface area contributed by atoms with Crippen LogP contribution in [0.5, 0.6) is 5.75 Å². The molecule has 0 aliphatic rings. The number of rotatable bonds is 7. The van der Waals surface area contributed by atoms with E-state index >= 15 is 0 Å². The van der Waals surface area contributed by atoms with Gasteiger partial charge in [0.2, 0.25) is 0 Å². The summed E-state index contributed by atoms with van der Waals surface area (Å²) in [6.45, 7) is 5.60. The second-order valence-electron chi connectivity index (χ2n) is 4.98. The highest BCUT2D eigenvalue weighted by Crippen LogP contribution is 2.27. The van der Waals surface area contributed by atoms with Crippen molar-refractivity contribution in [2.24, 2.45) is 5.92 Å². The van der Waals surface area contributed by atoms with Crippen LogP contribution < -0.4 is 10.1 Å². The van der Waals surface area contributed by atoms with Crippen LogP contribution in [0.3, 0.4) is 0 Å². The van der Waals surface area contributed by atoms with Crippen LogP contribution in [0.15, 0.2) is 24.3 Å². The van der Waals surface area contributed by atoms with E-state index in [4.69, 9.17) is 0 Å². The summed E-state index contributed by atoms with van der Waals surface area (Å²) in [5, 5.41) is 3.44. The van der Waals surface area contributed by atoms with Gasteiger partial charge in [0.15, 0.2) is 0 Å². The van der Waals surface area contributed by atoms with Gasteiger partial charge in [-0.05, 0) is 25.8 Å². The average Bonchev–Trinajstić information content (AvgIpc) is 2.37. The zero-order valence-electron chi connectivity index (χ0n) is 12.0. The molecular weight excluding hydrogens is 248 g/mol. The van der Waals surface area contributed by atoms with Crippen LogP contribution >= 0.6 is 0 Å². The summed E-state index contributed by atoms with van der Waals surface area (Å²) in [5.41, 5.74) is 0.762. The van der Waals surface area contributed by atoms with Gasteiger partial charge >= 0.3 is 6.61 Å². The lowest BCUT2D eigenvalue weighted by Gasteiger charge is -2.25. The fraction of sp³-hybridized carbons (Fsp3) is 0.600. The molecule has 19 heavy (non-hydrogen) atoms. The number of halogens is 2. The Balaban J connectivity index is 2.78. The minimum atomic E-state index is -2.79. The molecule has 3 unspecified atom stereocenters. The van der Waals surface area contributed by atoms with E-state index < -0.39 is 6.61 Å². The van der Waals surface area contributed by atoms with Gasteiger partial charge in [-0.3, -0.25) is 0 Å². The van der Waals surface area contributed by atoms with Gasteiger partial charge in [-0.1, -0.05) is 38.5 Å². The van der Waals surface area contributed by atoms with Crippen LogP contribution in [0.4, 0.5) is 8.78 Å². The van der Waals surface area contributed by atoms with E-state index in [1.54, 1.807) is 12.1 Å². The highest BCUT2D eigenvalue weighted by atomic mass is 19.3. The van der Waals surface area contributed by atoms with Crippen LogP contribution in [-0.4, -0.2) is 12.7 Å². The molecule has 2 nitrogen and oxygen atoms in total. The van der Waals surface area contributed by atoms with Crippen LogP contribution in [0.25, 0.3) is 0 Å². The summed E-state index contributed by atoms with van der Waals surface area (Å²) in [4.78, 5) is 0. The first kappa shape index (κ1) is 15.9. The van der Waals surface area contributed by atoms with Crippen molar-refractivity contribution in [3.05, 3.63) is 29.8 Å². The fourth-order valence-corrected chi connectivity index (χ4v) is 2.04. The van der Waals surface area contributed by atoms with Crippen molar-refractivity contribution in [3.63, 3.8) is 0 Å². The zero-order valence-corrected chi connectivity index (χ0v) is 12.0. The van der Waals surface area contributed by atoms with Crippen molar-refractivity contribution in [1.29, 1.82) is 0 Å². The predicted octanol–water partition coefficient (Wildman–Crippen LogP) is 4.37. The summed E-state index contributed by atoms with van der Waals surface area (Å²) in [5.74, 6) is 0.777. The first-order valence-corrected chi connectivity index (χ1v) is 6.75. The molecule has 0 heterocycles. The Hall–Kier alpha value is -1.16. The first-order chi connectivity index (χ1) is 8.95. The summed E-state index contributed by atoms with van der Waals surface area (Å²) in [6, 6.07) is 7.22. The highest BCUT2D eigenvalue weighted by Gasteiger charge is 2.18. The van der Waals surface area contributed by atoms with Gasteiger partial charge in [-0.25, -0.2) is 0 Å². The van der Waals surface area contributed by atoms with E-state index in [0.29, 0.717) is 12.0 Å². The molecule has 108 valence electrons. The Morgan fingerprint density at radius 2 is 1.79 bits per heavy atom. The number of hydrogen-bond acceptors (Lipinski definition) is 2. The summed E-state index contributed by atoms with van der Waals surface area (Å²) in [6.07, 6.45) is 1.08. The predicted molar refractivity (Wildman–Crippen MR) is 73.5 cm³/mol.